The van der Waals surface area contributed by atoms with Crippen LogP contribution in [0.15, 0.2) is 23.2 Å². The Morgan fingerprint density at radius 3 is 3.11 bits per heavy atom. The van der Waals surface area contributed by atoms with Crippen LogP contribution in [0.2, 0.25) is 0 Å². The number of ether oxygens (including phenoxy) is 3. The number of amidine groups is 1. The van der Waals surface area contributed by atoms with Gasteiger partial charge in [0.05, 0.1) is 6.54 Å². The van der Waals surface area contributed by atoms with Gasteiger partial charge in [-0.05, 0) is 12.1 Å². The summed E-state index contributed by atoms with van der Waals surface area (Å²) >= 11 is 0. The molecule has 1 aromatic carbocycles. The van der Waals surface area contributed by atoms with Crippen LogP contribution >= 0.6 is 0 Å². The number of halogens is 1. The summed E-state index contributed by atoms with van der Waals surface area (Å²) in [7, 11) is 1.51. The number of hydrogen-bond acceptors (Lipinski definition) is 5. The van der Waals surface area contributed by atoms with Crippen molar-refractivity contribution in [1.82, 2.24) is 5.32 Å². The first-order valence-corrected chi connectivity index (χ1v) is 5.69. The van der Waals surface area contributed by atoms with E-state index in [-0.39, 0.29) is 12.4 Å². The van der Waals surface area contributed by atoms with E-state index in [0.717, 1.165) is 6.54 Å². The largest absolute Gasteiger partial charge is 0.479 e. The van der Waals surface area contributed by atoms with Crippen LogP contribution in [0.1, 0.15) is 0 Å². The predicted molar refractivity (Wildman–Crippen MR) is 62.6 cm³/mol. The minimum absolute atomic E-state index is 0.0588. The summed E-state index contributed by atoms with van der Waals surface area (Å²) in [5.74, 6) is -0.543. The zero-order valence-electron chi connectivity index (χ0n) is 9.90. The lowest BCUT2D eigenvalue weighted by Gasteiger charge is -2.36. The number of rotatable bonds is 2. The summed E-state index contributed by atoms with van der Waals surface area (Å²) in [6.07, 6.45) is 0. The van der Waals surface area contributed by atoms with E-state index >= 15 is 0 Å². The van der Waals surface area contributed by atoms with Crippen LogP contribution in [0.3, 0.4) is 0 Å². The first kappa shape index (κ1) is 11.3. The lowest BCUT2D eigenvalue weighted by Crippen LogP contribution is -2.57. The molecule has 96 valence electrons. The normalized spacial score (nSPS) is 25.6. The van der Waals surface area contributed by atoms with Crippen molar-refractivity contribution in [2.45, 2.75) is 5.79 Å². The molecule has 0 aromatic heterocycles. The quantitative estimate of drug-likeness (QED) is 0.851. The third-order valence-corrected chi connectivity index (χ3v) is 2.98. The molecule has 2 aliphatic heterocycles. The van der Waals surface area contributed by atoms with Crippen LogP contribution in [-0.4, -0.2) is 38.4 Å². The molecule has 0 aliphatic carbocycles. The minimum atomic E-state index is -1.11. The van der Waals surface area contributed by atoms with Crippen LogP contribution in [0.4, 0.5) is 4.39 Å². The fourth-order valence-corrected chi connectivity index (χ4v) is 2.05. The molecule has 1 N–H and O–H groups in total. The van der Waals surface area contributed by atoms with Gasteiger partial charge in [-0.1, -0.05) is 6.07 Å². The summed E-state index contributed by atoms with van der Waals surface area (Å²) in [5, 5.41) is 3.09. The zero-order valence-corrected chi connectivity index (χ0v) is 9.90. The molecule has 2 heterocycles. The highest BCUT2D eigenvalue weighted by Crippen LogP contribution is 2.38. The number of nitrogens with one attached hydrogen (secondary N) is 1. The van der Waals surface area contributed by atoms with Gasteiger partial charge in [-0.3, -0.25) is 4.99 Å². The van der Waals surface area contributed by atoms with E-state index in [1.165, 1.54) is 13.2 Å². The number of methoxy groups -OCH3 is 1. The summed E-state index contributed by atoms with van der Waals surface area (Å²) in [5.41, 5.74) is 0. The first-order chi connectivity index (χ1) is 8.75. The van der Waals surface area contributed by atoms with Crippen molar-refractivity contribution in [3.05, 3.63) is 24.0 Å². The Morgan fingerprint density at radius 1 is 1.50 bits per heavy atom. The highest BCUT2D eigenvalue weighted by atomic mass is 19.1. The Hall–Kier alpha value is -1.82. The zero-order chi connectivity index (χ0) is 12.6. The van der Waals surface area contributed by atoms with Crippen molar-refractivity contribution in [2.24, 2.45) is 4.99 Å². The molecule has 18 heavy (non-hydrogen) atoms. The average molecular weight is 252 g/mol. The highest BCUT2D eigenvalue weighted by Gasteiger charge is 2.45. The molecule has 1 atom stereocenters. The fourth-order valence-electron chi connectivity index (χ4n) is 2.05. The van der Waals surface area contributed by atoms with Crippen molar-refractivity contribution < 1.29 is 18.6 Å². The maximum Gasteiger partial charge on any atom is 0.303 e. The Morgan fingerprint density at radius 2 is 2.39 bits per heavy atom. The lowest BCUT2D eigenvalue weighted by molar-refractivity contribution is -0.146. The van der Waals surface area contributed by atoms with Gasteiger partial charge in [-0.25, -0.2) is 4.39 Å². The molecule has 2 aliphatic rings. The van der Waals surface area contributed by atoms with Crippen molar-refractivity contribution in [2.75, 3.05) is 26.8 Å². The first-order valence-electron chi connectivity index (χ1n) is 5.69. The lowest BCUT2D eigenvalue weighted by atomic mass is 10.2. The number of para-hydroxylation sites is 1. The monoisotopic (exact) mass is 252 g/mol. The third-order valence-electron chi connectivity index (χ3n) is 2.98. The highest BCUT2D eigenvalue weighted by molar-refractivity contribution is 5.91. The molecule has 0 saturated heterocycles. The van der Waals surface area contributed by atoms with Gasteiger partial charge in [0, 0.05) is 13.7 Å². The maximum absolute atomic E-state index is 13.5. The second-order valence-electron chi connectivity index (χ2n) is 4.07. The average Bonchev–Trinajstić information content (AvgIpc) is 2.93. The van der Waals surface area contributed by atoms with Crippen LogP contribution in [0, 0.1) is 5.82 Å². The van der Waals surface area contributed by atoms with Crippen molar-refractivity contribution in [3.63, 3.8) is 0 Å². The molecule has 0 bridgehead atoms. The number of benzene rings is 1. The third kappa shape index (κ3) is 1.60. The van der Waals surface area contributed by atoms with Crippen molar-refractivity contribution in [1.29, 1.82) is 0 Å². The molecule has 0 amide bonds. The molecule has 0 unspecified atom stereocenters. The summed E-state index contributed by atoms with van der Waals surface area (Å²) in [4.78, 5) is 4.28. The topological polar surface area (TPSA) is 52.1 Å². The number of nitrogens with zero attached hydrogens (tertiary/aromatic N) is 1. The molecule has 5 nitrogen and oxygen atoms in total. The Kier molecular flexibility index (Phi) is 2.59. The number of fused-ring (bicyclic) bond motifs is 1. The van der Waals surface area contributed by atoms with Gasteiger partial charge in [-0.2, -0.15) is 0 Å². The van der Waals surface area contributed by atoms with E-state index in [2.05, 4.69) is 10.3 Å². The standard InChI is InChI=1S/C12H13FN2O3/c1-16-12(11-14-5-6-15-11)7-17-10-8(13)3-2-4-9(10)18-12/h2-4H,5-7H2,1H3,(H,14,15)/t12-/m0/s1. The molecule has 1 aromatic rings. The van der Waals surface area contributed by atoms with E-state index in [1.807, 2.05) is 0 Å². The molecule has 0 radical (unpaired) electrons. The predicted octanol–water partition coefficient (Wildman–Crippen LogP) is 0.941. The minimum Gasteiger partial charge on any atom is -0.479 e. The van der Waals surface area contributed by atoms with E-state index in [1.54, 1.807) is 12.1 Å². The van der Waals surface area contributed by atoms with Gasteiger partial charge >= 0.3 is 5.79 Å². The van der Waals surface area contributed by atoms with Gasteiger partial charge < -0.3 is 19.5 Å². The van der Waals surface area contributed by atoms with Crippen LogP contribution < -0.4 is 14.8 Å². The fraction of sp³-hybridized carbons (Fsp3) is 0.417. The number of hydrogen-bond donors (Lipinski definition) is 1. The molecule has 3 rings (SSSR count). The summed E-state index contributed by atoms with van der Waals surface area (Å²) in [6, 6.07) is 4.53. The Balaban J connectivity index is 1.97. The van der Waals surface area contributed by atoms with E-state index in [0.29, 0.717) is 18.1 Å². The number of aliphatic imine (C=N–C) groups is 1. The molecule has 6 heteroatoms. The van der Waals surface area contributed by atoms with Crippen LogP contribution in [-0.2, 0) is 4.74 Å². The van der Waals surface area contributed by atoms with Crippen LogP contribution in [0.25, 0.3) is 0 Å². The molecule has 0 fully saturated rings. The van der Waals surface area contributed by atoms with Crippen molar-refractivity contribution in [3.8, 4) is 11.5 Å². The SMILES string of the molecule is CO[C@@]1(C2=NCCN2)COc2c(F)cccc2O1. The smallest absolute Gasteiger partial charge is 0.303 e. The summed E-state index contributed by atoms with van der Waals surface area (Å²) < 4.78 is 30.1. The molecule has 0 saturated carbocycles. The Labute approximate surface area is 104 Å². The van der Waals surface area contributed by atoms with Gasteiger partial charge in [0.2, 0.25) is 0 Å². The van der Waals surface area contributed by atoms with E-state index < -0.39 is 11.6 Å². The second kappa shape index (κ2) is 4.13. The van der Waals surface area contributed by atoms with E-state index in [4.69, 9.17) is 14.2 Å². The van der Waals surface area contributed by atoms with Crippen LogP contribution in [0.5, 0.6) is 11.5 Å². The van der Waals surface area contributed by atoms with Gasteiger partial charge in [0.15, 0.2) is 29.8 Å². The molecule has 0 spiro atoms. The molecular formula is C12H13FN2O3. The Bertz CT molecular complexity index is 506. The van der Waals surface area contributed by atoms with E-state index in [9.17, 15) is 4.39 Å². The van der Waals surface area contributed by atoms with Gasteiger partial charge in [-0.15, -0.1) is 0 Å². The summed E-state index contributed by atoms with van der Waals surface area (Å²) in [6.45, 7) is 1.46. The second-order valence-corrected chi connectivity index (χ2v) is 4.07. The van der Waals surface area contributed by atoms with Gasteiger partial charge in [0.1, 0.15) is 0 Å². The van der Waals surface area contributed by atoms with Gasteiger partial charge in [0.25, 0.3) is 0 Å². The molecular weight excluding hydrogens is 239 g/mol. The maximum atomic E-state index is 13.5. The van der Waals surface area contributed by atoms with Crippen molar-refractivity contribution >= 4 is 5.84 Å².